The molecule has 2 aromatic rings. The molecule has 8 heteroatoms. The van der Waals surface area contributed by atoms with Gasteiger partial charge in [-0.1, -0.05) is 45.2 Å². The largest absolute Gasteiger partial charge is 0.375 e. The number of hydrogen-bond acceptors (Lipinski definition) is 3. The molecular formula is C15H11Br2Cl2N3O. The summed E-state index contributed by atoms with van der Waals surface area (Å²) in [5, 5.41) is 7.89. The van der Waals surface area contributed by atoms with Crippen LogP contribution in [0.25, 0.3) is 0 Å². The first-order valence-corrected chi connectivity index (χ1v) is 8.76. The lowest BCUT2D eigenvalue weighted by Crippen LogP contribution is -2.26. The molecule has 0 saturated heterocycles. The number of benzene rings is 2. The van der Waals surface area contributed by atoms with Gasteiger partial charge in [0.25, 0.3) is 5.91 Å². The lowest BCUT2D eigenvalue weighted by molar-refractivity contribution is -0.119. The number of carbonyl (C=O) groups is 1. The van der Waals surface area contributed by atoms with Crippen LogP contribution >= 0.6 is 55.1 Å². The van der Waals surface area contributed by atoms with Gasteiger partial charge < -0.3 is 5.32 Å². The van der Waals surface area contributed by atoms with Crippen molar-refractivity contribution in [2.75, 3.05) is 11.9 Å². The number of carbonyl (C=O) groups excluding carboxylic acids is 1. The molecule has 4 nitrogen and oxygen atoms in total. The Balaban J connectivity index is 1.86. The van der Waals surface area contributed by atoms with Crippen molar-refractivity contribution in [2.24, 2.45) is 5.10 Å². The molecule has 0 heterocycles. The Hall–Kier alpha value is -1.08. The summed E-state index contributed by atoms with van der Waals surface area (Å²) in [5.74, 6) is -0.277. The summed E-state index contributed by atoms with van der Waals surface area (Å²) in [5.41, 5.74) is 3.91. The van der Waals surface area contributed by atoms with Gasteiger partial charge in [-0.2, -0.15) is 5.10 Å². The molecule has 0 fully saturated rings. The fraction of sp³-hybridized carbons (Fsp3) is 0.0667. The molecule has 23 heavy (non-hydrogen) atoms. The Bertz CT molecular complexity index is 753. The van der Waals surface area contributed by atoms with Gasteiger partial charge in [-0.05, 0) is 46.3 Å². The van der Waals surface area contributed by atoms with Crippen molar-refractivity contribution in [3.63, 3.8) is 0 Å². The first-order chi connectivity index (χ1) is 11.0. The lowest BCUT2D eigenvalue weighted by atomic mass is 10.2. The first-order valence-electron chi connectivity index (χ1n) is 6.41. The molecule has 0 saturated carbocycles. The molecule has 2 N–H and O–H groups in total. The summed E-state index contributed by atoms with van der Waals surface area (Å²) in [4.78, 5) is 11.8. The molecule has 0 aliphatic heterocycles. The minimum absolute atomic E-state index is 0.0892. The summed E-state index contributed by atoms with van der Waals surface area (Å²) in [7, 11) is 0. The molecular weight excluding hydrogens is 469 g/mol. The van der Waals surface area contributed by atoms with Crippen LogP contribution < -0.4 is 10.7 Å². The van der Waals surface area contributed by atoms with Crippen LogP contribution in [0.2, 0.25) is 10.0 Å². The Morgan fingerprint density at radius 3 is 2.65 bits per heavy atom. The van der Waals surface area contributed by atoms with Gasteiger partial charge >= 0.3 is 0 Å². The molecule has 2 rings (SSSR count). The minimum Gasteiger partial charge on any atom is -0.375 e. The van der Waals surface area contributed by atoms with E-state index in [2.05, 4.69) is 47.7 Å². The summed E-state index contributed by atoms with van der Waals surface area (Å²) >= 11 is 18.6. The van der Waals surface area contributed by atoms with E-state index < -0.39 is 0 Å². The average Bonchev–Trinajstić information content (AvgIpc) is 2.48. The summed E-state index contributed by atoms with van der Waals surface area (Å²) in [6.07, 6.45) is 1.46. The standard InChI is InChI=1S/C15H11Br2Cl2N3O/c16-10-2-4-14(12(17)5-10)20-8-15(23)22-21-7-9-1-3-11(18)6-13(9)19/h1-7,20H,8H2,(H,22,23). The highest BCUT2D eigenvalue weighted by molar-refractivity contribution is 9.11. The quantitative estimate of drug-likeness (QED) is 0.464. The van der Waals surface area contributed by atoms with Crippen molar-refractivity contribution in [2.45, 2.75) is 0 Å². The van der Waals surface area contributed by atoms with Crippen LogP contribution in [0.3, 0.4) is 0 Å². The molecule has 0 atom stereocenters. The van der Waals surface area contributed by atoms with E-state index >= 15 is 0 Å². The summed E-state index contributed by atoms with van der Waals surface area (Å²) < 4.78 is 1.81. The Morgan fingerprint density at radius 2 is 1.96 bits per heavy atom. The second kappa shape index (κ2) is 8.68. The number of rotatable bonds is 5. The number of nitrogens with one attached hydrogen (secondary N) is 2. The van der Waals surface area contributed by atoms with E-state index in [1.165, 1.54) is 6.21 Å². The van der Waals surface area contributed by atoms with Gasteiger partial charge in [0.1, 0.15) is 0 Å². The highest BCUT2D eigenvalue weighted by atomic mass is 79.9. The predicted octanol–water partition coefficient (Wildman–Crippen LogP) is 5.08. The fourth-order valence-electron chi connectivity index (χ4n) is 1.63. The first kappa shape index (κ1) is 18.3. The van der Waals surface area contributed by atoms with Crippen LogP contribution in [0.1, 0.15) is 5.56 Å². The van der Waals surface area contributed by atoms with Crippen molar-refractivity contribution in [1.29, 1.82) is 0 Å². The third kappa shape index (κ3) is 5.80. The van der Waals surface area contributed by atoms with Crippen LogP contribution in [0.4, 0.5) is 5.69 Å². The number of amides is 1. The average molecular weight is 480 g/mol. The number of anilines is 1. The van der Waals surface area contributed by atoms with E-state index in [1.54, 1.807) is 18.2 Å². The SMILES string of the molecule is O=C(CNc1ccc(Br)cc1Br)NN=Cc1ccc(Cl)cc1Cl. The highest BCUT2D eigenvalue weighted by Crippen LogP contribution is 2.25. The Labute approximate surface area is 160 Å². The van der Waals surface area contributed by atoms with Crippen LogP contribution in [0.5, 0.6) is 0 Å². The van der Waals surface area contributed by atoms with Crippen LogP contribution in [0.15, 0.2) is 50.4 Å². The molecule has 1 amide bonds. The zero-order valence-electron chi connectivity index (χ0n) is 11.6. The smallest absolute Gasteiger partial charge is 0.259 e. The maximum atomic E-state index is 11.8. The number of nitrogens with zero attached hydrogens (tertiary/aromatic N) is 1. The molecule has 0 bridgehead atoms. The van der Waals surface area contributed by atoms with Crippen molar-refractivity contribution in [3.8, 4) is 0 Å². The topological polar surface area (TPSA) is 53.5 Å². The van der Waals surface area contributed by atoms with E-state index in [0.29, 0.717) is 15.6 Å². The molecule has 0 aliphatic carbocycles. The minimum atomic E-state index is -0.277. The monoisotopic (exact) mass is 477 g/mol. The zero-order valence-corrected chi connectivity index (χ0v) is 16.3. The zero-order chi connectivity index (χ0) is 16.8. The number of halogens is 4. The van der Waals surface area contributed by atoms with Crippen LogP contribution in [0, 0.1) is 0 Å². The van der Waals surface area contributed by atoms with Gasteiger partial charge in [-0.15, -0.1) is 0 Å². The lowest BCUT2D eigenvalue weighted by Gasteiger charge is -2.07. The van der Waals surface area contributed by atoms with Crippen LogP contribution in [-0.4, -0.2) is 18.7 Å². The van der Waals surface area contributed by atoms with Gasteiger partial charge in [-0.25, -0.2) is 5.43 Å². The number of hydrogen-bond donors (Lipinski definition) is 2. The Morgan fingerprint density at radius 1 is 1.17 bits per heavy atom. The van der Waals surface area contributed by atoms with Crippen LogP contribution in [-0.2, 0) is 4.79 Å². The molecule has 0 aliphatic rings. The van der Waals surface area contributed by atoms with Crippen molar-refractivity contribution < 1.29 is 4.79 Å². The van der Waals surface area contributed by atoms with Crippen molar-refractivity contribution in [1.82, 2.24) is 5.43 Å². The third-order valence-electron chi connectivity index (χ3n) is 2.73. The highest BCUT2D eigenvalue weighted by Gasteiger charge is 2.04. The van der Waals surface area contributed by atoms with E-state index in [4.69, 9.17) is 23.2 Å². The predicted molar refractivity (Wildman–Crippen MR) is 103 cm³/mol. The van der Waals surface area contributed by atoms with Gasteiger partial charge in [0.15, 0.2) is 0 Å². The third-order valence-corrected chi connectivity index (χ3v) is 4.44. The Kier molecular flexibility index (Phi) is 6.89. The normalized spacial score (nSPS) is 10.8. The molecule has 120 valence electrons. The maximum absolute atomic E-state index is 11.8. The van der Waals surface area contributed by atoms with E-state index in [-0.39, 0.29) is 12.5 Å². The summed E-state index contributed by atoms with van der Waals surface area (Å²) in [6, 6.07) is 10.7. The van der Waals surface area contributed by atoms with Gasteiger partial charge in [0, 0.05) is 25.2 Å². The molecule has 2 aromatic carbocycles. The van der Waals surface area contributed by atoms with E-state index in [1.807, 2.05) is 18.2 Å². The molecule has 0 spiro atoms. The van der Waals surface area contributed by atoms with E-state index in [0.717, 1.165) is 14.6 Å². The second-order valence-corrected chi connectivity index (χ2v) is 7.05. The molecule has 0 aromatic heterocycles. The van der Waals surface area contributed by atoms with Gasteiger partial charge in [0.2, 0.25) is 0 Å². The van der Waals surface area contributed by atoms with Gasteiger partial charge in [0.05, 0.1) is 17.8 Å². The van der Waals surface area contributed by atoms with Gasteiger partial charge in [-0.3, -0.25) is 4.79 Å². The number of hydrazone groups is 1. The molecule has 0 radical (unpaired) electrons. The fourth-order valence-corrected chi connectivity index (χ4v) is 3.27. The maximum Gasteiger partial charge on any atom is 0.259 e. The second-order valence-electron chi connectivity index (χ2n) is 4.44. The summed E-state index contributed by atoms with van der Waals surface area (Å²) in [6.45, 7) is 0.0892. The van der Waals surface area contributed by atoms with E-state index in [9.17, 15) is 4.79 Å². The van der Waals surface area contributed by atoms with Crippen molar-refractivity contribution in [3.05, 3.63) is 61.0 Å². The molecule has 0 unspecified atom stereocenters. The van der Waals surface area contributed by atoms with Crippen molar-refractivity contribution >= 4 is 72.9 Å².